The molecule has 0 radical (unpaired) electrons. The van der Waals surface area contributed by atoms with Gasteiger partial charge in [0.05, 0.1) is 17.0 Å². The first-order valence-electron chi connectivity index (χ1n) is 6.20. The van der Waals surface area contributed by atoms with Crippen molar-refractivity contribution in [1.29, 1.82) is 0 Å². The SMILES string of the molecule is Nc1c(F)ccc(NCC2(O)CCCC2)c1C(=O)O. The van der Waals surface area contributed by atoms with Crippen molar-refractivity contribution >= 4 is 17.3 Å². The number of carboxylic acids is 1. The fraction of sp³-hybridized carbons (Fsp3) is 0.462. The summed E-state index contributed by atoms with van der Waals surface area (Å²) in [7, 11) is 0. The Hall–Kier alpha value is -1.82. The van der Waals surface area contributed by atoms with Crippen molar-refractivity contribution in [3.63, 3.8) is 0 Å². The van der Waals surface area contributed by atoms with Gasteiger partial charge in [0.25, 0.3) is 0 Å². The van der Waals surface area contributed by atoms with Crippen molar-refractivity contribution < 1.29 is 19.4 Å². The molecule has 1 aromatic carbocycles. The Morgan fingerprint density at radius 1 is 1.42 bits per heavy atom. The van der Waals surface area contributed by atoms with Crippen molar-refractivity contribution in [2.45, 2.75) is 31.3 Å². The van der Waals surface area contributed by atoms with Gasteiger partial charge in [-0.2, -0.15) is 0 Å². The fourth-order valence-electron chi connectivity index (χ4n) is 2.44. The average Bonchev–Trinajstić information content (AvgIpc) is 2.78. The van der Waals surface area contributed by atoms with Gasteiger partial charge in [-0.1, -0.05) is 12.8 Å². The molecule has 1 aliphatic carbocycles. The molecule has 0 spiro atoms. The third kappa shape index (κ3) is 2.78. The molecule has 0 bridgehead atoms. The van der Waals surface area contributed by atoms with E-state index in [1.165, 1.54) is 6.07 Å². The first-order valence-corrected chi connectivity index (χ1v) is 6.20. The zero-order chi connectivity index (χ0) is 14.0. The van der Waals surface area contributed by atoms with Crippen molar-refractivity contribution in [1.82, 2.24) is 0 Å². The molecule has 0 aromatic heterocycles. The Morgan fingerprint density at radius 3 is 2.63 bits per heavy atom. The summed E-state index contributed by atoms with van der Waals surface area (Å²) >= 11 is 0. The molecule has 0 heterocycles. The largest absolute Gasteiger partial charge is 0.478 e. The summed E-state index contributed by atoms with van der Waals surface area (Å²) in [5.74, 6) is -2.06. The first kappa shape index (κ1) is 13.6. The second kappa shape index (κ2) is 5.05. The van der Waals surface area contributed by atoms with E-state index in [0.29, 0.717) is 12.8 Å². The Labute approximate surface area is 110 Å². The molecule has 5 N–H and O–H groups in total. The first-order chi connectivity index (χ1) is 8.93. The lowest BCUT2D eigenvalue weighted by Gasteiger charge is -2.23. The lowest BCUT2D eigenvalue weighted by Crippen LogP contribution is -2.34. The van der Waals surface area contributed by atoms with Crippen LogP contribution < -0.4 is 11.1 Å². The molecular weight excluding hydrogens is 251 g/mol. The molecule has 1 aliphatic rings. The van der Waals surface area contributed by atoms with Crippen molar-refractivity contribution in [2.75, 3.05) is 17.6 Å². The third-order valence-corrected chi connectivity index (χ3v) is 3.55. The van der Waals surface area contributed by atoms with E-state index < -0.39 is 23.1 Å². The Bertz CT molecular complexity index is 499. The predicted molar refractivity (Wildman–Crippen MR) is 69.7 cm³/mol. The molecule has 0 saturated heterocycles. The number of carbonyl (C=O) groups is 1. The van der Waals surface area contributed by atoms with Crippen LogP contribution in [0.4, 0.5) is 15.8 Å². The van der Waals surface area contributed by atoms with Crippen LogP contribution in [0.2, 0.25) is 0 Å². The Balaban J connectivity index is 2.20. The summed E-state index contributed by atoms with van der Waals surface area (Å²) in [4.78, 5) is 11.1. The number of aromatic carboxylic acids is 1. The van der Waals surface area contributed by atoms with Crippen LogP contribution in [0.5, 0.6) is 0 Å². The monoisotopic (exact) mass is 268 g/mol. The lowest BCUT2D eigenvalue weighted by molar-refractivity contribution is 0.0610. The lowest BCUT2D eigenvalue weighted by atomic mass is 10.0. The van der Waals surface area contributed by atoms with Gasteiger partial charge < -0.3 is 21.3 Å². The smallest absolute Gasteiger partial charge is 0.340 e. The van der Waals surface area contributed by atoms with Gasteiger partial charge in [0.1, 0.15) is 11.4 Å². The topological polar surface area (TPSA) is 95.6 Å². The standard InChI is InChI=1S/C13H17FN2O3/c14-8-3-4-9(10(11(8)15)12(17)18)16-7-13(19)5-1-2-6-13/h3-4,16,19H,1-2,5-7,15H2,(H,17,18). The van der Waals surface area contributed by atoms with Gasteiger partial charge in [-0.15, -0.1) is 0 Å². The second-order valence-electron chi connectivity index (χ2n) is 4.97. The minimum absolute atomic E-state index is 0.228. The maximum atomic E-state index is 13.3. The molecule has 2 rings (SSSR count). The van der Waals surface area contributed by atoms with Gasteiger partial charge in [0.15, 0.2) is 0 Å². The van der Waals surface area contributed by atoms with Crippen LogP contribution in [-0.2, 0) is 0 Å². The Kier molecular flexibility index (Phi) is 3.61. The third-order valence-electron chi connectivity index (χ3n) is 3.55. The highest BCUT2D eigenvalue weighted by Gasteiger charge is 2.31. The minimum atomic E-state index is -1.29. The number of carboxylic acid groups (broad SMARTS) is 1. The molecule has 19 heavy (non-hydrogen) atoms. The molecule has 104 valence electrons. The van der Waals surface area contributed by atoms with Crippen LogP contribution in [0.1, 0.15) is 36.0 Å². The predicted octanol–water partition coefficient (Wildman–Crippen LogP) is 1.82. The number of nitrogens with two attached hydrogens (primary N) is 1. The van der Waals surface area contributed by atoms with E-state index in [2.05, 4.69) is 5.32 Å². The van der Waals surface area contributed by atoms with Gasteiger partial charge in [0, 0.05) is 6.54 Å². The summed E-state index contributed by atoms with van der Waals surface area (Å²) < 4.78 is 13.3. The van der Waals surface area contributed by atoms with Crippen molar-refractivity contribution in [3.8, 4) is 0 Å². The van der Waals surface area contributed by atoms with Gasteiger partial charge >= 0.3 is 5.97 Å². The molecule has 1 aromatic rings. The van der Waals surface area contributed by atoms with Crippen LogP contribution in [-0.4, -0.2) is 28.3 Å². The van der Waals surface area contributed by atoms with Gasteiger partial charge in [0.2, 0.25) is 0 Å². The highest BCUT2D eigenvalue weighted by molar-refractivity contribution is 6.00. The maximum Gasteiger partial charge on any atom is 0.340 e. The molecule has 0 atom stereocenters. The Morgan fingerprint density at radius 2 is 2.05 bits per heavy atom. The highest BCUT2D eigenvalue weighted by atomic mass is 19.1. The molecular formula is C13H17FN2O3. The van der Waals surface area contributed by atoms with Gasteiger partial charge in [-0.05, 0) is 25.0 Å². The summed E-state index contributed by atoms with van der Waals surface area (Å²) in [5.41, 5.74) is 4.17. The quantitative estimate of drug-likeness (QED) is 0.625. The van der Waals surface area contributed by atoms with E-state index in [-0.39, 0.29) is 17.8 Å². The summed E-state index contributed by atoms with van der Waals surface area (Å²) in [5, 5.41) is 22.1. The molecule has 6 heteroatoms. The van der Waals surface area contributed by atoms with E-state index in [0.717, 1.165) is 18.9 Å². The van der Waals surface area contributed by atoms with E-state index in [4.69, 9.17) is 10.8 Å². The van der Waals surface area contributed by atoms with Crippen LogP contribution in [0.3, 0.4) is 0 Å². The summed E-state index contributed by atoms with van der Waals surface area (Å²) in [6.07, 6.45) is 3.27. The normalized spacial score (nSPS) is 17.4. The van der Waals surface area contributed by atoms with Crippen molar-refractivity contribution in [2.24, 2.45) is 0 Å². The fourth-order valence-corrected chi connectivity index (χ4v) is 2.44. The van der Waals surface area contributed by atoms with E-state index >= 15 is 0 Å². The van der Waals surface area contributed by atoms with Crippen molar-refractivity contribution in [3.05, 3.63) is 23.5 Å². The average molecular weight is 268 g/mol. The number of rotatable bonds is 4. The van der Waals surface area contributed by atoms with Crippen LogP contribution in [0.15, 0.2) is 12.1 Å². The highest BCUT2D eigenvalue weighted by Crippen LogP contribution is 2.31. The number of hydrogen-bond donors (Lipinski definition) is 4. The van der Waals surface area contributed by atoms with Gasteiger partial charge in [-0.25, -0.2) is 9.18 Å². The molecule has 0 aliphatic heterocycles. The molecule has 1 fully saturated rings. The van der Waals surface area contributed by atoms with Gasteiger partial charge in [-0.3, -0.25) is 0 Å². The maximum absolute atomic E-state index is 13.3. The van der Waals surface area contributed by atoms with E-state index in [9.17, 15) is 14.3 Å². The number of benzene rings is 1. The second-order valence-corrected chi connectivity index (χ2v) is 4.97. The van der Waals surface area contributed by atoms with E-state index in [1.807, 2.05) is 0 Å². The molecule has 0 amide bonds. The zero-order valence-corrected chi connectivity index (χ0v) is 10.4. The van der Waals surface area contributed by atoms with Crippen LogP contribution >= 0.6 is 0 Å². The molecule has 1 saturated carbocycles. The molecule has 5 nitrogen and oxygen atoms in total. The summed E-state index contributed by atoms with van der Waals surface area (Å²) in [6.45, 7) is 0.234. The van der Waals surface area contributed by atoms with E-state index in [1.54, 1.807) is 0 Å². The zero-order valence-electron chi connectivity index (χ0n) is 10.4. The minimum Gasteiger partial charge on any atom is -0.478 e. The number of nitrogens with one attached hydrogen (secondary N) is 1. The number of anilines is 2. The van der Waals surface area contributed by atoms with Crippen LogP contribution in [0, 0.1) is 5.82 Å². The number of nitrogen functional groups attached to an aromatic ring is 1. The number of hydrogen-bond acceptors (Lipinski definition) is 4. The summed E-state index contributed by atoms with van der Waals surface area (Å²) in [6, 6.07) is 2.44. The number of halogens is 1. The molecule has 0 unspecified atom stereocenters. The number of aliphatic hydroxyl groups is 1. The van der Waals surface area contributed by atoms with Crippen LogP contribution in [0.25, 0.3) is 0 Å².